The van der Waals surface area contributed by atoms with Crippen molar-refractivity contribution in [2.45, 2.75) is 45.8 Å². The Morgan fingerprint density at radius 1 is 0.559 bits per heavy atom. The maximum absolute atomic E-state index is 2.68. The van der Waals surface area contributed by atoms with Gasteiger partial charge in [0.15, 0.2) is 0 Å². The van der Waals surface area contributed by atoms with Crippen molar-refractivity contribution < 1.29 is 0 Å². The van der Waals surface area contributed by atoms with E-state index < -0.39 is 0 Å². The van der Waals surface area contributed by atoms with Gasteiger partial charge in [-0.1, -0.05) is 91.9 Å². The molecular weight excluding hydrogens is 414 g/mol. The molecular formula is C31H41N3. The second-order valence-corrected chi connectivity index (χ2v) is 9.69. The van der Waals surface area contributed by atoms with Crippen molar-refractivity contribution in [3.05, 3.63) is 107 Å². The van der Waals surface area contributed by atoms with E-state index in [1.807, 2.05) is 0 Å². The van der Waals surface area contributed by atoms with Gasteiger partial charge >= 0.3 is 0 Å². The van der Waals surface area contributed by atoms with Crippen molar-refractivity contribution in [3.8, 4) is 0 Å². The van der Waals surface area contributed by atoms with Crippen LogP contribution in [0.2, 0.25) is 0 Å². The van der Waals surface area contributed by atoms with E-state index in [4.69, 9.17) is 0 Å². The number of nitrogens with zero attached hydrogens (tertiary/aromatic N) is 3. The number of rotatable bonds is 7. The molecule has 3 heteroatoms. The van der Waals surface area contributed by atoms with E-state index in [0.717, 1.165) is 52.2 Å². The van der Waals surface area contributed by atoms with Crippen molar-refractivity contribution in [1.29, 1.82) is 0 Å². The van der Waals surface area contributed by atoms with Crippen LogP contribution < -0.4 is 0 Å². The zero-order chi connectivity index (χ0) is 23.8. The van der Waals surface area contributed by atoms with E-state index in [-0.39, 0.29) is 0 Å². The molecule has 0 radical (unpaired) electrons. The highest BCUT2D eigenvalue weighted by atomic mass is 15.3. The van der Waals surface area contributed by atoms with Crippen LogP contribution in [0.3, 0.4) is 0 Å². The van der Waals surface area contributed by atoms with Crippen LogP contribution in [0.5, 0.6) is 0 Å². The average Bonchev–Trinajstić information content (AvgIpc) is 3.00. The highest BCUT2D eigenvalue weighted by Crippen LogP contribution is 2.24. The minimum atomic E-state index is 0.416. The number of aryl methyl sites for hydroxylation is 1. The molecule has 34 heavy (non-hydrogen) atoms. The molecule has 1 fully saturated rings. The van der Waals surface area contributed by atoms with Gasteiger partial charge in [0.2, 0.25) is 0 Å². The van der Waals surface area contributed by atoms with Gasteiger partial charge in [0.25, 0.3) is 0 Å². The molecule has 0 N–H and O–H groups in total. The second kappa shape index (κ2) is 12.3. The Hall–Kier alpha value is -2.46. The predicted molar refractivity (Wildman–Crippen MR) is 144 cm³/mol. The molecule has 0 aromatic heterocycles. The van der Waals surface area contributed by atoms with Gasteiger partial charge in [-0.2, -0.15) is 0 Å². The third-order valence-electron chi connectivity index (χ3n) is 7.58. The van der Waals surface area contributed by atoms with Crippen molar-refractivity contribution >= 4 is 0 Å². The Morgan fingerprint density at radius 2 is 0.971 bits per heavy atom. The second-order valence-electron chi connectivity index (χ2n) is 9.69. The molecule has 3 aromatic carbocycles. The van der Waals surface area contributed by atoms with E-state index in [2.05, 4.69) is 120 Å². The first-order chi connectivity index (χ1) is 16.6. The quantitative estimate of drug-likeness (QED) is 0.420. The third kappa shape index (κ3) is 6.56. The minimum Gasteiger partial charge on any atom is -0.297 e. The van der Waals surface area contributed by atoms with E-state index in [1.165, 1.54) is 22.3 Å². The summed E-state index contributed by atoms with van der Waals surface area (Å²) in [4.78, 5) is 8.01. The zero-order valence-electron chi connectivity index (χ0n) is 21.2. The molecule has 3 nitrogen and oxygen atoms in total. The average molecular weight is 456 g/mol. The third-order valence-corrected chi connectivity index (χ3v) is 7.58. The highest BCUT2D eigenvalue weighted by Gasteiger charge is 2.23. The van der Waals surface area contributed by atoms with E-state index in [9.17, 15) is 0 Å². The van der Waals surface area contributed by atoms with Crippen LogP contribution in [0.1, 0.15) is 55.1 Å². The molecule has 1 aliphatic heterocycles. The fraction of sp³-hybridized carbons (Fsp3) is 0.419. The summed E-state index contributed by atoms with van der Waals surface area (Å²) >= 11 is 0. The summed E-state index contributed by atoms with van der Waals surface area (Å²) in [5.41, 5.74) is 5.65. The van der Waals surface area contributed by atoms with Crippen LogP contribution in [0, 0.1) is 0 Å². The lowest BCUT2D eigenvalue weighted by Gasteiger charge is -2.33. The Labute approximate surface area is 207 Å². The molecule has 0 bridgehead atoms. The summed E-state index contributed by atoms with van der Waals surface area (Å²) in [5, 5.41) is 0. The summed E-state index contributed by atoms with van der Waals surface area (Å²) in [6.07, 6.45) is 1.10. The number of hydrogen-bond acceptors (Lipinski definition) is 3. The largest absolute Gasteiger partial charge is 0.297 e. The lowest BCUT2D eigenvalue weighted by molar-refractivity contribution is 0.157. The lowest BCUT2D eigenvalue weighted by Crippen LogP contribution is -2.38. The Bertz CT molecular complexity index is 913. The molecule has 1 heterocycles. The first-order valence-electron chi connectivity index (χ1n) is 13.0. The van der Waals surface area contributed by atoms with Crippen LogP contribution in [0.4, 0.5) is 0 Å². The summed E-state index contributed by atoms with van der Waals surface area (Å²) in [6.45, 7) is 14.5. The van der Waals surface area contributed by atoms with Gasteiger partial charge in [0, 0.05) is 57.9 Å². The molecule has 2 unspecified atom stereocenters. The molecule has 4 rings (SSSR count). The van der Waals surface area contributed by atoms with Gasteiger partial charge in [-0.15, -0.1) is 0 Å². The Kier molecular flexibility index (Phi) is 8.92. The summed E-state index contributed by atoms with van der Waals surface area (Å²) < 4.78 is 0. The zero-order valence-corrected chi connectivity index (χ0v) is 21.2. The minimum absolute atomic E-state index is 0.416. The van der Waals surface area contributed by atoms with E-state index in [1.54, 1.807) is 0 Å². The Balaban J connectivity index is 1.52. The van der Waals surface area contributed by atoms with Crippen LogP contribution in [-0.2, 0) is 13.0 Å². The van der Waals surface area contributed by atoms with Gasteiger partial charge in [-0.3, -0.25) is 14.7 Å². The smallest absolute Gasteiger partial charge is 0.0320 e. The van der Waals surface area contributed by atoms with Crippen molar-refractivity contribution in [2.75, 3.05) is 39.3 Å². The molecule has 0 amide bonds. The summed E-state index contributed by atoms with van der Waals surface area (Å²) in [7, 11) is 0. The topological polar surface area (TPSA) is 9.72 Å². The predicted octanol–water partition coefficient (Wildman–Crippen LogP) is 6.19. The van der Waals surface area contributed by atoms with Crippen LogP contribution in [0.15, 0.2) is 84.9 Å². The fourth-order valence-corrected chi connectivity index (χ4v) is 5.09. The summed E-state index contributed by atoms with van der Waals surface area (Å²) in [6, 6.07) is 32.0. The van der Waals surface area contributed by atoms with Gasteiger partial charge in [-0.25, -0.2) is 0 Å². The summed E-state index contributed by atoms with van der Waals surface area (Å²) in [5.74, 6) is 0. The molecule has 2 atom stereocenters. The number of benzene rings is 3. The standard InChI is InChI=1S/C31H41N3/c1-4-28-15-17-29(18-16-28)25-32-19-21-33(26(2)30-11-7-5-8-12-30)23-24-34(22-20-32)27(3)31-13-9-6-10-14-31/h5-18,26-27H,4,19-25H2,1-3H3. The molecule has 1 aliphatic rings. The molecule has 180 valence electrons. The fourth-order valence-electron chi connectivity index (χ4n) is 5.09. The van der Waals surface area contributed by atoms with Crippen LogP contribution >= 0.6 is 0 Å². The maximum Gasteiger partial charge on any atom is 0.0320 e. The van der Waals surface area contributed by atoms with Gasteiger partial charge in [0.05, 0.1) is 0 Å². The number of hydrogen-bond donors (Lipinski definition) is 0. The molecule has 0 aliphatic carbocycles. The molecule has 0 spiro atoms. The van der Waals surface area contributed by atoms with Gasteiger partial charge in [0.1, 0.15) is 0 Å². The molecule has 3 aromatic rings. The first kappa shape index (κ1) is 24.7. The molecule has 1 saturated heterocycles. The van der Waals surface area contributed by atoms with Crippen molar-refractivity contribution in [3.63, 3.8) is 0 Å². The lowest BCUT2D eigenvalue weighted by atomic mass is 10.1. The Morgan fingerprint density at radius 3 is 1.41 bits per heavy atom. The normalized spacial score (nSPS) is 18.6. The van der Waals surface area contributed by atoms with Crippen molar-refractivity contribution in [2.24, 2.45) is 0 Å². The van der Waals surface area contributed by atoms with E-state index >= 15 is 0 Å². The van der Waals surface area contributed by atoms with Crippen LogP contribution in [-0.4, -0.2) is 54.0 Å². The molecule has 0 saturated carbocycles. The van der Waals surface area contributed by atoms with Crippen molar-refractivity contribution in [1.82, 2.24) is 14.7 Å². The monoisotopic (exact) mass is 455 g/mol. The SMILES string of the molecule is CCc1ccc(CN2CCN(C(C)c3ccccc3)CCN(C(C)c3ccccc3)CC2)cc1. The maximum atomic E-state index is 2.68. The van der Waals surface area contributed by atoms with E-state index in [0.29, 0.717) is 12.1 Å². The van der Waals surface area contributed by atoms with Gasteiger partial charge < -0.3 is 0 Å². The first-order valence-corrected chi connectivity index (χ1v) is 13.0. The van der Waals surface area contributed by atoms with Gasteiger partial charge in [-0.05, 0) is 42.5 Å². The highest BCUT2D eigenvalue weighted by molar-refractivity contribution is 5.23. The van der Waals surface area contributed by atoms with Crippen LogP contribution in [0.25, 0.3) is 0 Å².